The van der Waals surface area contributed by atoms with Gasteiger partial charge in [-0.1, -0.05) is 73.6 Å². The highest BCUT2D eigenvalue weighted by molar-refractivity contribution is 6.17. The first-order valence-corrected chi connectivity index (χ1v) is 14.8. The fourth-order valence-electron chi connectivity index (χ4n) is 4.18. The molecule has 2 aromatic carbocycles. The normalized spacial score (nSPS) is 10.1. The van der Waals surface area contributed by atoms with Crippen molar-refractivity contribution in [2.45, 2.75) is 75.7 Å². The van der Waals surface area contributed by atoms with Gasteiger partial charge in [0.05, 0.1) is 12.2 Å². The zero-order chi connectivity index (χ0) is 31.5. The quantitative estimate of drug-likeness (QED) is 0.126. The van der Waals surface area contributed by atoms with Gasteiger partial charge in [0, 0.05) is 17.5 Å². The Morgan fingerprint density at radius 3 is 2.05 bits per heavy atom. The highest BCUT2D eigenvalue weighted by Gasteiger charge is 2.25. The van der Waals surface area contributed by atoms with Gasteiger partial charge in [-0.05, 0) is 62.2 Å². The van der Waals surface area contributed by atoms with Gasteiger partial charge in [0.1, 0.15) is 30.1 Å². The number of hydrogen-bond acceptors (Lipinski definition) is 6. The van der Waals surface area contributed by atoms with Crippen molar-refractivity contribution < 1.29 is 23.5 Å². The monoisotopic (exact) mass is 565 g/mol. The van der Waals surface area contributed by atoms with E-state index in [9.17, 15) is 9.59 Å². The van der Waals surface area contributed by atoms with Crippen molar-refractivity contribution in [1.82, 2.24) is 4.90 Å². The summed E-state index contributed by atoms with van der Waals surface area (Å²) in [4.78, 5) is 28.5. The molecule has 0 fully saturated rings. The number of carbonyl (C=O) groups is 2. The third kappa shape index (κ3) is 11.1. The maximum atomic E-state index is 13.7. The van der Waals surface area contributed by atoms with Crippen LogP contribution >= 0.6 is 0 Å². The second-order valence-electron chi connectivity index (χ2n) is 9.29. The molecule has 6 heteroatoms. The second-order valence-corrected chi connectivity index (χ2v) is 9.29. The lowest BCUT2D eigenvalue weighted by atomic mass is 9.96. The number of nitrogens with zero attached hydrogens (tertiary/aromatic N) is 1. The van der Waals surface area contributed by atoms with E-state index >= 15 is 0 Å². The van der Waals surface area contributed by atoms with Crippen molar-refractivity contribution in [2.24, 2.45) is 5.92 Å². The number of furan rings is 1. The van der Waals surface area contributed by atoms with E-state index in [4.69, 9.17) is 13.9 Å². The summed E-state index contributed by atoms with van der Waals surface area (Å²) in [5.74, 6) is 0.788. The first kappa shape index (κ1) is 37.4. The minimum Gasteiger partial charge on any atom is -0.492 e. The summed E-state index contributed by atoms with van der Waals surface area (Å²) in [5, 5.41) is 0.694. The fraction of sp³-hybridized carbons (Fsp3) is 0.486. The summed E-state index contributed by atoms with van der Waals surface area (Å²) in [6.45, 7) is 23.9. The Morgan fingerprint density at radius 1 is 0.951 bits per heavy atom. The largest absolute Gasteiger partial charge is 0.492 e. The Hall–Kier alpha value is -3.56. The minimum absolute atomic E-state index is 0.0903. The molecule has 0 amide bonds. The summed E-state index contributed by atoms with van der Waals surface area (Å²) in [5.41, 5.74) is 3.33. The molecule has 1 heterocycles. The number of fused-ring (bicyclic) bond motifs is 1. The van der Waals surface area contributed by atoms with Crippen LogP contribution in [-0.2, 0) is 16.0 Å². The Morgan fingerprint density at radius 2 is 1.51 bits per heavy atom. The van der Waals surface area contributed by atoms with Gasteiger partial charge < -0.3 is 18.8 Å². The molecule has 0 bridgehead atoms. The molecular formula is C35H51NO5. The average Bonchev–Trinajstić information content (AvgIpc) is 3.35. The van der Waals surface area contributed by atoms with Gasteiger partial charge in [0.25, 0.3) is 0 Å². The van der Waals surface area contributed by atoms with Gasteiger partial charge in [0.2, 0.25) is 0 Å². The lowest BCUT2D eigenvalue weighted by Crippen LogP contribution is -2.28. The van der Waals surface area contributed by atoms with Crippen LogP contribution in [0.1, 0.15) is 88.2 Å². The Labute approximate surface area is 248 Å². The second kappa shape index (κ2) is 20.3. The molecule has 0 unspecified atom stereocenters. The van der Waals surface area contributed by atoms with Gasteiger partial charge in [-0.15, -0.1) is 12.8 Å². The molecule has 3 aromatic rings. The molecule has 6 nitrogen and oxygen atoms in total. The Kier molecular flexibility index (Phi) is 18.6. The molecule has 226 valence electrons. The van der Waals surface area contributed by atoms with Gasteiger partial charge >= 0.3 is 5.97 Å². The van der Waals surface area contributed by atoms with Crippen LogP contribution in [0.5, 0.6) is 5.75 Å². The number of aryl methyl sites for hydroxylation is 2. The minimum atomic E-state index is -0.406. The highest BCUT2D eigenvalue weighted by atomic mass is 16.5. The van der Waals surface area contributed by atoms with Crippen LogP contribution in [-0.4, -0.2) is 49.5 Å². The Bertz CT molecular complexity index is 1190. The van der Waals surface area contributed by atoms with Crippen molar-refractivity contribution in [3.8, 4) is 18.6 Å². The number of hydrogen-bond donors (Lipinski definition) is 0. The van der Waals surface area contributed by atoms with Crippen LogP contribution in [0, 0.1) is 32.6 Å². The van der Waals surface area contributed by atoms with Crippen LogP contribution < -0.4 is 4.74 Å². The van der Waals surface area contributed by atoms with E-state index < -0.39 is 5.97 Å². The zero-order valence-electron chi connectivity index (χ0n) is 26.9. The average molecular weight is 566 g/mol. The third-order valence-corrected chi connectivity index (χ3v) is 6.05. The van der Waals surface area contributed by atoms with E-state index in [0.717, 1.165) is 36.5 Å². The van der Waals surface area contributed by atoms with Crippen LogP contribution in [0.2, 0.25) is 0 Å². The number of para-hydroxylation sites is 1. The first-order valence-electron chi connectivity index (χ1n) is 14.8. The number of rotatable bonds is 12. The number of esters is 1. The lowest BCUT2D eigenvalue weighted by Gasteiger charge is -2.19. The number of carbonyl (C=O) groups excluding carboxylic acids is 2. The molecule has 0 aliphatic rings. The molecule has 0 saturated heterocycles. The van der Waals surface area contributed by atoms with E-state index in [1.165, 1.54) is 0 Å². The van der Waals surface area contributed by atoms with Crippen molar-refractivity contribution in [3.05, 3.63) is 64.4 Å². The van der Waals surface area contributed by atoms with E-state index in [-0.39, 0.29) is 18.1 Å². The third-order valence-electron chi connectivity index (χ3n) is 6.05. The lowest BCUT2D eigenvalue weighted by molar-refractivity contribution is -0.144. The summed E-state index contributed by atoms with van der Waals surface area (Å²) in [6.07, 6.45) is 7.91. The van der Waals surface area contributed by atoms with Gasteiger partial charge in [-0.3, -0.25) is 9.59 Å². The van der Waals surface area contributed by atoms with E-state index in [1.807, 2.05) is 85.7 Å². The van der Waals surface area contributed by atoms with E-state index in [0.29, 0.717) is 41.1 Å². The van der Waals surface area contributed by atoms with Gasteiger partial charge in [0.15, 0.2) is 5.78 Å². The smallest absolute Gasteiger partial charge is 0.313 e. The van der Waals surface area contributed by atoms with Crippen molar-refractivity contribution in [2.75, 3.05) is 32.8 Å². The van der Waals surface area contributed by atoms with Crippen LogP contribution in [0.3, 0.4) is 0 Å². The molecule has 0 saturated carbocycles. The number of ketones is 1. The molecule has 0 aliphatic carbocycles. The molecule has 0 radical (unpaired) electrons. The number of terminal acetylenes is 1. The maximum absolute atomic E-state index is 13.7. The summed E-state index contributed by atoms with van der Waals surface area (Å²) in [6, 6.07) is 11.1. The topological polar surface area (TPSA) is 69.0 Å². The van der Waals surface area contributed by atoms with Crippen molar-refractivity contribution >= 4 is 22.7 Å². The SMILES string of the molecule is C#C.CC.CC.CCN(CC)CCOc1c(C)cc(C(=O)c2c(CC(=O)OCC(C)C)oc3ccccc23)cc1C. The van der Waals surface area contributed by atoms with Crippen molar-refractivity contribution in [3.63, 3.8) is 0 Å². The van der Waals surface area contributed by atoms with Crippen LogP contribution in [0.4, 0.5) is 0 Å². The zero-order valence-corrected chi connectivity index (χ0v) is 26.9. The maximum Gasteiger partial charge on any atom is 0.313 e. The molecule has 1 aromatic heterocycles. The van der Waals surface area contributed by atoms with Gasteiger partial charge in [-0.2, -0.15) is 0 Å². The summed E-state index contributed by atoms with van der Waals surface area (Å²) < 4.78 is 17.4. The van der Waals surface area contributed by atoms with Crippen LogP contribution in [0.25, 0.3) is 11.0 Å². The molecule has 0 N–H and O–H groups in total. The molecule has 3 rings (SSSR count). The number of benzene rings is 2. The molecule has 0 aliphatic heterocycles. The summed E-state index contributed by atoms with van der Waals surface area (Å²) >= 11 is 0. The van der Waals surface area contributed by atoms with Crippen molar-refractivity contribution in [1.29, 1.82) is 0 Å². The van der Waals surface area contributed by atoms with Gasteiger partial charge in [-0.25, -0.2) is 0 Å². The number of ether oxygens (including phenoxy) is 2. The summed E-state index contributed by atoms with van der Waals surface area (Å²) in [7, 11) is 0. The van der Waals surface area contributed by atoms with Crippen LogP contribution in [0.15, 0.2) is 40.8 Å². The molecule has 41 heavy (non-hydrogen) atoms. The number of likely N-dealkylation sites (N-methyl/N-ethyl adjacent to an activating group) is 1. The van der Waals surface area contributed by atoms with E-state index in [1.54, 1.807) is 6.07 Å². The predicted molar refractivity (Wildman–Crippen MR) is 171 cm³/mol. The first-order chi connectivity index (χ1) is 19.7. The Balaban J connectivity index is 0.00000250. The molecule has 0 atom stereocenters. The standard InChI is InChI=1S/C29H37NO5.2C2H6.C2H2/c1-7-30(8-2)13-14-33-29-20(5)15-22(16-21(29)6)28(32)27-23-11-9-10-12-24(23)35-25(27)17-26(31)34-18-19(3)4;3*1-2/h9-12,15-16,19H,7-8,13-14,17-18H2,1-6H3;2*1-2H3;1-2H. The fourth-order valence-corrected chi connectivity index (χ4v) is 4.18. The molecular weight excluding hydrogens is 514 g/mol. The van der Waals surface area contributed by atoms with E-state index in [2.05, 4.69) is 31.6 Å². The predicted octanol–water partition coefficient (Wildman–Crippen LogP) is 8.04. The highest BCUT2D eigenvalue weighted by Crippen LogP contribution is 2.31. The molecule has 0 spiro atoms.